The molecular formula is C85H64N12O4S4. The average molecular weight is 1450 g/mol. The Kier molecular flexibility index (Phi) is 19.3. The molecule has 0 amide bonds. The average Bonchev–Trinajstić information content (AvgIpc) is 1.69. The first kappa shape index (κ1) is 67.1. The third-order valence-corrected chi connectivity index (χ3v) is 22.0. The number of thiophene rings is 4. The second-order valence-corrected chi connectivity index (χ2v) is 29.8. The molecule has 1 aliphatic rings. The minimum absolute atomic E-state index is 0.428. The Morgan fingerprint density at radius 2 is 0.752 bits per heavy atom. The molecule has 10 aromatic heterocycles. The number of nitrogens with zero attached hydrogens (tertiary/aromatic N) is 10. The number of benzene rings is 8. The molecule has 0 saturated heterocycles. The van der Waals surface area contributed by atoms with Crippen LogP contribution in [0.1, 0.15) is 37.9 Å². The van der Waals surface area contributed by atoms with E-state index in [-0.39, 0.29) is 0 Å². The summed E-state index contributed by atoms with van der Waals surface area (Å²) in [6.45, 7) is 9.40. The van der Waals surface area contributed by atoms with Gasteiger partial charge in [0, 0.05) is 77.3 Å². The lowest BCUT2D eigenvalue weighted by molar-refractivity contribution is 0.433. The molecule has 16 nitrogen and oxygen atoms in total. The molecule has 0 aliphatic carbocycles. The molecule has 0 bridgehead atoms. The quantitative estimate of drug-likeness (QED) is 0.110. The lowest BCUT2D eigenvalue weighted by atomic mass is 10.0. The number of hydrogen-bond donors (Lipinski definition) is 2. The van der Waals surface area contributed by atoms with E-state index in [2.05, 4.69) is 223 Å². The van der Waals surface area contributed by atoms with Crippen LogP contribution in [0.15, 0.2) is 284 Å². The number of aryl methyl sites for hydroxylation is 4. The van der Waals surface area contributed by atoms with Crippen LogP contribution in [0.3, 0.4) is 0 Å². The van der Waals surface area contributed by atoms with E-state index in [1.165, 1.54) is 80.7 Å². The van der Waals surface area contributed by atoms with E-state index in [1.54, 1.807) is 63.7 Å². The predicted octanol–water partition coefficient (Wildman–Crippen LogP) is 23.0. The van der Waals surface area contributed by atoms with Crippen molar-refractivity contribution in [2.45, 2.75) is 40.5 Å². The van der Waals surface area contributed by atoms with Gasteiger partial charge in [0.1, 0.15) is 5.82 Å². The number of aromatic amines is 1. The van der Waals surface area contributed by atoms with Crippen molar-refractivity contribution in [1.29, 1.82) is 0 Å². The van der Waals surface area contributed by atoms with E-state index in [0.717, 1.165) is 77.4 Å². The van der Waals surface area contributed by atoms with Crippen LogP contribution in [0.4, 0.5) is 5.82 Å². The van der Waals surface area contributed by atoms with Crippen LogP contribution in [0.25, 0.3) is 155 Å². The van der Waals surface area contributed by atoms with E-state index >= 15 is 0 Å². The highest BCUT2D eigenvalue weighted by atomic mass is 32.1. The third-order valence-electron chi connectivity index (χ3n) is 17.8. The molecule has 11 heterocycles. The molecule has 0 spiro atoms. The van der Waals surface area contributed by atoms with Crippen molar-refractivity contribution in [2.24, 2.45) is 4.99 Å². The van der Waals surface area contributed by atoms with Crippen LogP contribution in [-0.4, -0.2) is 62.8 Å². The number of aromatic nitrogens is 10. The number of fused-ring (bicyclic) bond motifs is 2. The Morgan fingerprint density at radius 3 is 1.21 bits per heavy atom. The summed E-state index contributed by atoms with van der Waals surface area (Å²) >= 11 is 6.67. The standard InChI is InChI=1S/C23H19N3OS.C23H16N2OS.C21H15N3OS.C18H14N4OS/c1-15-19(16-6-3-2-4-7-16)14-21(28-15)23-25-22(26-27-23)18-11-9-17(10-12-18)20-8-5-13-24-20;1-15-20(17-8-3-2-4-9-17)14-21(27-15)23-24-22(25-26-23)19-13-7-11-16-10-5-6-12-18(16)19;1-13-17(14-6-3-2-4-7-14)12-19(26-13)21-23-20(24-25-21)16-8-5-9-18-15(16)10-11-22-18;1-11-14(12-5-3-2-4-6-12)10-15(24-11)18-21-17(22-23-18)13-7-8-20-16(19)9-13/h2-4,6-7,9-12,14H,5,8,13H2,1H3;2-14H,1H3;2-12,22H,1H3;2-10H,1H3,(H2,19,20). The molecule has 3 N–H and O–H groups in total. The van der Waals surface area contributed by atoms with Crippen molar-refractivity contribution in [3.8, 4) is 133 Å². The summed E-state index contributed by atoms with van der Waals surface area (Å²) < 4.78 is 22.2. The van der Waals surface area contributed by atoms with Crippen molar-refractivity contribution < 1.29 is 18.1 Å². The fourth-order valence-corrected chi connectivity index (χ4v) is 16.4. The SMILES string of the molecule is Cc1sc(-c2nc(-c3ccc(C4=NCCC4)cc3)no2)cc1-c1ccccc1.Cc1sc(-c2nc(-c3cccc4[nH]ccc34)no2)cc1-c1ccccc1.Cc1sc(-c2nc(-c3cccc4ccccc34)no2)cc1-c1ccccc1.Cc1sc(-c2nc(-c3ccnc(N)c3)no2)cc1-c1ccccc1. The molecule has 1 aliphatic heterocycles. The van der Waals surface area contributed by atoms with Gasteiger partial charge in [-0.1, -0.05) is 221 Å². The van der Waals surface area contributed by atoms with E-state index in [9.17, 15) is 0 Å². The summed E-state index contributed by atoms with van der Waals surface area (Å²) in [5, 5.41) is 20.1. The fourth-order valence-electron chi connectivity index (χ4n) is 12.6. The maximum Gasteiger partial charge on any atom is 0.268 e. The largest absolute Gasteiger partial charge is 0.384 e. The molecule has 18 aromatic rings. The summed E-state index contributed by atoms with van der Waals surface area (Å²) in [7, 11) is 0. The van der Waals surface area contributed by atoms with Crippen molar-refractivity contribution in [2.75, 3.05) is 12.3 Å². The molecule has 0 unspecified atom stereocenters. The Morgan fingerprint density at radius 1 is 0.352 bits per heavy atom. The number of nitrogens with two attached hydrogens (primary N) is 1. The summed E-state index contributed by atoms with van der Waals surface area (Å²) in [5.74, 6) is 4.97. The second kappa shape index (κ2) is 30.2. The number of nitrogen functional groups attached to an aromatic ring is 1. The normalized spacial score (nSPS) is 11.8. The predicted molar refractivity (Wildman–Crippen MR) is 425 cm³/mol. The topological polar surface area (TPSA) is 223 Å². The van der Waals surface area contributed by atoms with Crippen LogP contribution >= 0.6 is 45.3 Å². The highest BCUT2D eigenvalue weighted by Crippen LogP contribution is 2.42. The Hall–Kier alpha value is -12.5. The first-order valence-corrected chi connectivity index (χ1v) is 37.2. The van der Waals surface area contributed by atoms with Crippen molar-refractivity contribution >= 4 is 78.6 Å². The number of H-pyrrole nitrogens is 1. The van der Waals surface area contributed by atoms with Gasteiger partial charge in [0.25, 0.3) is 23.6 Å². The number of pyridine rings is 1. The summed E-state index contributed by atoms with van der Waals surface area (Å²) in [5.41, 5.74) is 22.4. The van der Waals surface area contributed by atoms with Crippen LogP contribution in [-0.2, 0) is 0 Å². The van der Waals surface area contributed by atoms with Crippen molar-refractivity contribution in [3.05, 3.63) is 286 Å². The van der Waals surface area contributed by atoms with Crippen LogP contribution in [0.2, 0.25) is 0 Å². The van der Waals surface area contributed by atoms with E-state index in [4.69, 9.17) is 23.8 Å². The van der Waals surface area contributed by atoms with Gasteiger partial charge in [-0.2, -0.15) is 19.9 Å². The van der Waals surface area contributed by atoms with Crippen LogP contribution < -0.4 is 5.73 Å². The van der Waals surface area contributed by atoms with Gasteiger partial charge >= 0.3 is 0 Å². The number of rotatable bonds is 13. The molecule has 105 heavy (non-hydrogen) atoms. The smallest absolute Gasteiger partial charge is 0.268 e. The first-order valence-electron chi connectivity index (χ1n) is 34.0. The summed E-state index contributed by atoms with van der Waals surface area (Å²) in [6, 6.07) is 84.1. The van der Waals surface area contributed by atoms with Crippen molar-refractivity contribution in [3.63, 3.8) is 0 Å². The summed E-state index contributed by atoms with van der Waals surface area (Å²) in [6.07, 6.45) is 5.76. The Labute approximate surface area is 620 Å². The van der Waals surface area contributed by atoms with Crippen molar-refractivity contribution in [1.82, 2.24) is 50.5 Å². The van der Waals surface area contributed by atoms with Crippen LogP contribution in [0, 0.1) is 27.7 Å². The van der Waals surface area contributed by atoms with Gasteiger partial charge in [-0.25, -0.2) is 4.98 Å². The van der Waals surface area contributed by atoms with E-state index in [0.29, 0.717) is 52.7 Å². The Balaban J connectivity index is 0.000000108. The lowest BCUT2D eigenvalue weighted by Crippen LogP contribution is -1.95. The highest BCUT2D eigenvalue weighted by molar-refractivity contribution is 7.16. The number of nitrogens with one attached hydrogen (secondary N) is 1. The molecular weight excluding hydrogens is 1380 g/mol. The monoisotopic (exact) mass is 1440 g/mol. The molecule has 20 heteroatoms. The molecule has 19 rings (SSSR count). The maximum absolute atomic E-state index is 5.71. The number of hydrogen-bond acceptors (Lipinski definition) is 19. The van der Waals surface area contributed by atoms with Gasteiger partial charge < -0.3 is 28.8 Å². The van der Waals surface area contributed by atoms with Crippen LogP contribution in [0.5, 0.6) is 0 Å². The minimum Gasteiger partial charge on any atom is -0.384 e. The molecule has 0 saturated carbocycles. The van der Waals surface area contributed by atoms with Gasteiger partial charge in [-0.05, 0) is 150 Å². The van der Waals surface area contributed by atoms with Gasteiger partial charge in [0.15, 0.2) is 0 Å². The molecule has 0 atom stereocenters. The molecule has 8 aromatic carbocycles. The highest BCUT2D eigenvalue weighted by Gasteiger charge is 2.22. The number of aliphatic imine (C=N–C) groups is 1. The fraction of sp³-hybridized carbons (Fsp3) is 0.0824. The van der Waals surface area contributed by atoms with Gasteiger partial charge in [-0.3, -0.25) is 4.99 Å². The Bertz CT molecular complexity index is 6040. The lowest BCUT2D eigenvalue weighted by Gasteiger charge is -2.01. The zero-order valence-electron chi connectivity index (χ0n) is 57.3. The zero-order valence-corrected chi connectivity index (χ0v) is 60.5. The summed E-state index contributed by atoms with van der Waals surface area (Å²) in [4.78, 5) is 39.0. The third kappa shape index (κ3) is 14.7. The zero-order chi connectivity index (χ0) is 71.2. The first-order chi connectivity index (χ1) is 51.6. The molecule has 0 radical (unpaired) electrons. The molecule has 512 valence electrons. The number of anilines is 1. The minimum atomic E-state index is 0.428. The van der Waals surface area contributed by atoms with E-state index < -0.39 is 0 Å². The van der Waals surface area contributed by atoms with Gasteiger partial charge in [0.05, 0.1) is 19.5 Å². The second-order valence-electron chi connectivity index (χ2n) is 24.7. The van der Waals surface area contributed by atoms with E-state index in [1.807, 2.05) is 103 Å². The maximum atomic E-state index is 5.71. The van der Waals surface area contributed by atoms with Gasteiger partial charge in [-0.15, -0.1) is 45.3 Å². The van der Waals surface area contributed by atoms with Gasteiger partial charge in [0.2, 0.25) is 23.3 Å². The molecule has 0 fully saturated rings.